The molecule has 0 unspecified atom stereocenters. The Balaban J connectivity index is 1.47. The first kappa shape index (κ1) is 33.4. The molecule has 236 valence electrons. The van der Waals surface area contributed by atoms with Crippen LogP contribution in [0.4, 0.5) is 11.4 Å². The number of rotatable bonds is 16. The Morgan fingerprint density at radius 2 is 0.933 bits per heavy atom. The third-order valence-corrected chi connectivity index (χ3v) is 10.5. The van der Waals surface area contributed by atoms with Crippen LogP contribution in [0.3, 0.4) is 0 Å². The Bertz CT molecular complexity index is 1690. The summed E-state index contributed by atoms with van der Waals surface area (Å²) in [7, 11) is -7.76. The van der Waals surface area contributed by atoms with Gasteiger partial charge in [0.1, 0.15) is 11.5 Å². The summed E-state index contributed by atoms with van der Waals surface area (Å²) in [6, 6.07) is 27.3. The lowest BCUT2D eigenvalue weighted by Gasteiger charge is -2.26. The van der Waals surface area contributed by atoms with Gasteiger partial charge in [0.05, 0.1) is 47.5 Å². The van der Waals surface area contributed by atoms with Crippen LogP contribution < -0.4 is 18.1 Å². The molecule has 0 spiro atoms. The second kappa shape index (κ2) is 15.0. The predicted octanol–water partition coefficient (Wildman–Crippen LogP) is 6.91. The molecule has 4 aromatic carbocycles. The van der Waals surface area contributed by atoms with E-state index in [4.69, 9.17) is 9.47 Å². The number of hydrogen-bond donors (Lipinski definition) is 0. The van der Waals surface area contributed by atoms with Crippen molar-refractivity contribution in [3.8, 4) is 11.5 Å². The van der Waals surface area contributed by atoms with Crippen molar-refractivity contribution in [3.63, 3.8) is 0 Å². The van der Waals surface area contributed by atoms with Crippen molar-refractivity contribution < 1.29 is 26.3 Å². The molecule has 0 amide bonds. The molecule has 0 saturated heterocycles. The number of nitrogens with zero attached hydrogens (tertiary/aromatic N) is 2. The van der Waals surface area contributed by atoms with Gasteiger partial charge in [0.25, 0.3) is 20.0 Å². The standard InChI is InChI=1S/C35H38N2O6S2/c1-5-24-36(44(38,39)30-20-16-28(3)17-21-30)32-12-7-9-14-34(32)42-26-11-27-43-35-15-10-8-13-33(35)37(25-6-2)45(40,41)31-22-18-29(4)19-23-31/h5-10,12-23H,1-2,11,24-27H2,3-4H3. The number of benzene rings is 4. The van der Waals surface area contributed by atoms with Crippen LogP contribution in [0.2, 0.25) is 0 Å². The average molecular weight is 647 g/mol. The fourth-order valence-corrected chi connectivity index (χ4v) is 7.45. The van der Waals surface area contributed by atoms with Gasteiger partial charge in [-0.3, -0.25) is 8.61 Å². The van der Waals surface area contributed by atoms with Crippen LogP contribution in [0, 0.1) is 13.8 Å². The van der Waals surface area contributed by atoms with Crippen molar-refractivity contribution in [1.29, 1.82) is 0 Å². The first-order valence-electron chi connectivity index (χ1n) is 14.4. The molecule has 10 heteroatoms. The highest BCUT2D eigenvalue weighted by atomic mass is 32.2. The van der Waals surface area contributed by atoms with Gasteiger partial charge >= 0.3 is 0 Å². The first-order chi connectivity index (χ1) is 21.6. The van der Waals surface area contributed by atoms with E-state index in [1.165, 1.54) is 20.8 Å². The van der Waals surface area contributed by atoms with E-state index in [0.29, 0.717) is 29.3 Å². The molecule has 0 aliphatic heterocycles. The van der Waals surface area contributed by atoms with Crippen LogP contribution in [-0.4, -0.2) is 43.1 Å². The van der Waals surface area contributed by atoms with Crippen molar-refractivity contribution in [2.45, 2.75) is 30.1 Å². The quantitative estimate of drug-likeness (QED) is 0.0970. The van der Waals surface area contributed by atoms with Crippen molar-refractivity contribution >= 4 is 31.4 Å². The fraction of sp³-hybridized carbons (Fsp3) is 0.200. The number of aryl methyl sites for hydroxylation is 2. The lowest BCUT2D eigenvalue weighted by molar-refractivity contribution is 0.248. The van der Waals surface area contributed by atoms with Gasteiger partial charge in [-0.2, -0.15) is 0 Å². The lowest BCUT2D eigenvalue weighted by atomic mass is 10.2. The SMILES string of the molecule is C=CCN(c1ccccc1OCCCOc1ccccc1N(CC=C)S(=O)(=O)c1ccc(C)cc1)S(=O)(=O)c1ccc(C)cc1. The zero-order chi connectivity index (χ0) is 32.5. The van der Waals surface area contributed by atoms with E-state index in [1.807, 2.05) is 13.8 Å². The molecule has 8 nitrogen and oxygen atoms in total. The van der Waals surface area contributed by atoms with Gasteiger partial charge < -0.3 is 9.47 Å². The van der Waals surface area contributed by atoms with Gasteiger partial charge in [0.15, 0.2) is 0 Å². The summed E-state index contributed by atoms with van der Waals surface area (Å²) < 4.78 is 69.0. The maximum absolute atomic E-state index is 13.6. The normalized spacial score (nSPS) is 11.4. The van der Waals surface area contributed by atoms with Crippen molar-refractivity contribution in [1.82, 2.24) is 0 Å². The number of ether oxygens (including phenoxy) is 2. The van der Waals surface area contributed by atoms with E-state index >= 15 is 0 Å². The molecule has 0 radical (unpaired) electrons. The Morgan fingerprint density at radius 3 is 1.29 bits per heavy atom. The highest BCUT2D eigenvalue weighted by molar-refractivity contribution is 7.93. The van der Waals surface area contributed by atoms with Gasteiger partial charge in [-0.1, -0.05) is 71.8 Å². The van der Waals surface area contributed by atoms with Gasteiger partial charge in [-0.05, 0) is 62.4 Å². The predicted molar refractivity (Wildman–Crippen MR) is 180 cm³/mol. The van der Waals surface area contributed by atoms with Crippen molar-refractivity contribution in [3.05, 3.63) is 133 Å². The molecular formula is C35H38N2O6S2. The van der Waals surface area contributed by atoms with E-state index in [9.17, 15) is 16.8 Å². The molecule has 4 aromatic rings. The summed E-state index contributed by atoms with van der Waals surface area (Å²) in [6.07, 6.45) is 3.51. The Morgan fingerprint density at radius 1 is 0.578 bits per heavy atom. The summed E-state index contributed by atoms with van der Waals surface area (Å²) in [4.78, 5) is 0.346. The van der Waals surface area contributed by atoms with E-state index < -0.39 is 20.0 Å². The highest BCUT2D eigenvalue weighted by Gasteiger charge is 2.28. The molecule has 0 aliphatic carbocycles. The monoisotopic (exact) mass is 646 g/mol. The van der Waals surface area contributed by atoms with E-state index in [2.05, 4.69) is 13.2 Å². The molecule has 0 N–H and O–H groups in total. The Kier molecular flexibility index (Phi) is 11.1. The molecule has 0 atom stereocenters. The third kappa shape index (κ3) is 7.95. The smallest absolute Gasteiger partial charge is 0.264 e. The maximum Gasteiger partial charge on any atom is 0.264 e. The molecule has 0 aromatic heterocycles. The topological polar surface area (TPSA) is 93.2 Å². The van der Waals surface area contributed by atoms with Gasteiger partial charge in [-0.25, -0.2) is 16.8 Å². The van der Waals surface area contributed by atoms with Crippen LogP contribution in [0.5, 0.6) is 11.5 Å². The highest BCUT2D eigenvalue weighted by Crippen LogP contribution is 2.34. The van der Waals surface area contributed by atoms with Crippen LogP contribution in [-0.2, 0) is 20.0 Å². The second-order valence-corrected chi connectivity index (χ2v) is 14.0. The van der Waals surface area contributed by atoms with Crippen LogP contribution in [0.15, 0.2) is 132 Å². The molecule has 0 bridgehead atoms. The number of para-hydroxylation sites is 4. The average Bonchev–Trinajstić information content (AvgIpc) is 3.03. The van der Waals surface area contributed by atoms with Crippen LogP contribution >= 0.6 is 0 Å². The summed E-state index contributed by atoms with van der Waals surface area (Å²) in [5, 5.41) is 0. The van der Waals surface area contributed by atoms with E-state index in [0.717, 1.165) is 11.1 Å². The third-order valence-electron chi connectivity index (χ3n) is 6.88. The summed E-state index contributed by atoms with van der Waals surface area (Å²) >= 11 is 0. The maximum atomic E-state index is 13.6. The minimum Gasteiger partial charge on any atom is -0.491 e. The molecular weight excluding hydrogens is 609 g/mol. The first-order valence-corrected chi connectivity index (χ1v) is 17.3. The number of anilines is 2. The molecule has 0 saturated carbocycles. The molecule has 0 fully saturated rings. The van der Waals surface area contributed by atoms with E-state index in [-0.39, 0.29) is 36.1 Å². The summed E-state index contributed by atoms with van der Waals surface area (Å²) in [5.74, 6) is 0.800. The molecule has 0 heterocycles. The van der Waals surface area contributed by atoms with E-state index in [1.54, 1.807) is 97.1 Å². The second-order valence-electron chi connectivity index (χ2n) is 10.3. The largest absolute Gasteiger partial charge is 0.491 e. The minimum absolute atomic E-state index is 0.0587. The molecule has 0 aliphatic rings. The van der Waals surface area contributed by atoms with Crippen molar-refractivity contribution in [2.75, 3.05) is 34.9 Å². The zero-order valence-corrected chi connectivity index (χ0v) is 27.1. The van der Waals surface area contributed by atoms with Gasteiger partial charge in [-0.15, -0.1) is 13.2 Å². The van der Waals surface area contributed by atoms with Gasteiger partial charge in [0.2, 0.25) is 0 Å². The number of hydrogen-bond acceptors (Lipinski definition) is 6. The Labute approximate surface area is 267 Å². The summed E-state index contributed by atoms with van der Waals surface area (Å²) in [6.45, 7) is 11.9. The van der Waals surface area contributed by atoms with Crippen LogP contribution in [0.25, 0.3) is 0 Å². The molecule has 45 heavy (non-hydrogen) atoms. The lowest BCUT2D eigenvalue weighted by Crippen LogP contribution is -2.31. The minimum atomic E-state index is -3.88. The summed E-state index contributed by atoms with van der Waals surface area (Å²) in [5.41, 5.74) is 2.70. The Hall–Kier alpha value is -4.54. The zero-order valence-electron chi connectivity index (χ0n) is 25.5. The number of sulfonamides is 2. The van der Waals surface area contributed by atoms with Crippen molar-refractivity contribution in [2.24, 2.45) is 0 Å². The fourth-order valence-electron chi connectivity index (χ4n) is 4.56. The van der Waals surface area contributed by atoms with Crippen LogP contribution in [0.1, 0.15) is 17.5 Å². The molecule has 4 rings (SSSR count). The van der Waals surface area contributed by atoms with Gasteiger partial charge in [0, 0.05) is 6.42 Å².